The molecule has 0 saturated heterocycles. The van der Waals surface area contributed by atoms with Crippen LogP contribution in [0.3, 0.4) is 0 Å². The largest absolute Gasteiger partial charge is 0.398 e. The van der Waals surface area contributed by atoms with Crippen LogP contribution < -0.4 is 11.5 Å². The van der Waals surface area contributed by atoms with E-state index in [0.29, 0.717) is 22.6 Å². The van der Waals surface area contributed by atoms with Crippen molar-refractivity contribution in [2.45, 2.75) is 9.79 Å². The number of benzene rings is 2. The molecule has 0 amide bonds. The lowest BCUT2D eigenvalue weighted by molar-refractivity contribution is -0.432. The third-order valence-corrected chi connectivity index (χ3v) is 6.19. The monoisotopic (exact) mass is 480 g/mol. The Hall–Kier alpha value is -2.31. The number of nitrogens with two attached hydrogens (primary N) is 2. The molecule has 0 aliphatic heterocycles. The van der Waals surface area contributed by atoms with Crippen molar-refractivity contribution in [1.82, 2.24) is 0 Å². The molecule has 2 aromatic rings. The van der Waals surface area contributed by atoms with Gasteiger partial charge in [-0.15, -0.1) is 9.45 Å². The maximum Gasteiger partial charge on any atom is 0.397 e. The van der Waals surface area contributed by atoms with Gasteiger partial charge in [0.25, 0.3) is 0 Å². The summed E-state index contributed by atoms with van der Waals surface area (Å²) in [5, 5.41) is 19.6. The van der Waals surface area contributed by atoms with Gasteiger partial charge < -0.3 is 11.5 Å². The molecule has 0 fully saturated rings. The van der Waals surface area contributed by atoms with Crippen molar-refractivity contribution in [2.24, 2.45) is 10.2 Å². The molecule has 0 heterocycles. The normalized spacial score (nSPS) is 12.5. The summed E-state index contributed by atoms with van der Waals surface area (Å²) in [4.78, 5) is 0.243. The molecule has 0 atom stereocenters. The molecule has 0 bridgehead atoms. The summed E-state index contributed by atoms with van der Waals surface area (Å²) >= 11 is 0.620. The zero-order chi connectivity index (χ0) is 22.4. The third-order valence-electron chi connectivity index (χ3n) is 3.37. The zero-order valence-corrected chi connectivity index (χ0v) is 17.4. The average Bonchev–Trinajstić information content (AvgIpc) is 2.65. The standard InChI is InChI=1S/C14H16N4O9S3/c15-11-7-12(16)14(28-27-26-19)8-13(11)18-17-9-1-3-10(4-2-9)29(20,21)6-5-25-30(22,23)24/h1-4,7-8,19H,5-6,15-16H2,(H,22,23,24). The Bertz CT molecular complexity index is 1120. The number of hydrogen-bond donors (Lipinski definition) is 4. The van der Waals surface area contributed by atoms with Crippen LogP contribution in [0.25, 0.3) is 0 Å². The van der Waals surface area contributed by atoms with Crippen LogP contribution in [0, 0.1) is 0 Å². The summed E-state index contributed by atoms with van der Waals surface area (Å²) in [6, 6.07) is 8.07. The molecule has 13 nitrogen and oxygen atoms in total. The van der Waals surface area contributed by atoms with Crippen LogP contribution in [0.1, 0.15) is 0 Å². The van der Waals surface area contributed by atoms with Gasteiger partial charge in [-0.05, 0) is 36.4 Å². The molecule has 0 unspecified atom stereocenters. The summed E-state index contributed by atoms with van der Waals surface area (Å²) in [5.41, 5.74) is 12.6. The number of azo groups is 1. The Kier molecular flexibility index (Phi) is 8.10. The number of sulfone groups is 1. The minimum absolute atomic E-state index is 0.104. The van der Waals surface area contributed by atoms with E-state index in [1.807, 2.05) is 0 Å². The predicted molar refractivity (Wildman–Crippen MR) is 106 cm³/mol. The van der Waals surface area contributed by atoms with E-state index in [4.69, 9.17) is 21.3 Å². The van der Waals surface area contributed by atoms with Gasteiger partial charge in [-0.2, -0.15) is 13.5 Å². The van der Waals surface area contributed by atoms with Gasteiger partial charge in [-0.3, -0.25) is 4.55 Å². The highest BCUT2D eigenvalue weighted by molar-refractivity contribution is 7.94. The van der Waals surface area contributed by atoms with E-state index in [1.165, 1.54) is 36.4 Å². The van der Waals surface area contributed by atoms with Gasteiger partial charge in [0.1, 0.15) is 5.69 Å². The second-order valence-electron chi connectivity index (χ2n) is 5.44. The second kappa shape index (κ2) is 10.1. The average molecular weight is 481 g/mol. The first kappa shape index (κ1) is 24.0. The van der Waals surface area contributed by atoms with Crippen molar-refractivity contribution >= 4 is 55.0 Å². The first-order valence-corrected chi connectivity index (χ1v) is 11.5. The maximum atomic E-state index is 12.1. The van der Waals surface area contributed by atoms with E-state index in [9.17, 15) is 16.8 Å². The van der Waals surface area contributed by atoms with Crippen molar-refractivity contribution in [3.8, 4) is 0 Å². The van der Waals surface area contributed by atoms with Gasteiger partial charge in [0, 0.05) is 5.69 Å². The number of rotatable bonds is 10. The fourth-order valence-electron chi connectivity index (χ4n) is 2.01. The molecule has 0 saturated carbocycles. The maximum absolute atomic E-state index is 12.1. The van der Waals surface area contributed by atoms with Crippen LogP contribution in [0.2, 0.25) is 0 Å². The smallest absolute Gasteiger partial charge is 0.397 e. The minimum Gasteiger partial charge on any atom is -0.398 e. The van der Waals surface area contributed by atoms with Crippen molar-refractivity contribution < 1.29 is 40.2 Å². The molecule has 0 radical (unpaired) electrons. The highest BCUT2D eigenvalue weighted by atomic mass is 32.3. The second-order valence-corrected chi connectivity index (χ2v) is 9.38. The van der Waals surface area contributed by atoms with E-state index in [2.05, 4.69) is 23.8 Å². The van der Waals surface area contributed by atoms with Crippen LogP contribution in [-0.4, -0.2) is 39.0 Å². The first-order valence-electron chi connectivity index (χ1n) is 7.72. The van der Waals surface area contributed by atoms with Gasteiger partial charge in [-0.25, -0.2) is 17.9 Å². The fraction of sp³-hybridized carbons (Fsp3) is 0.143. The fourth-order valence-corrected chi connectivity index (χ4v) is 3.92. The quantitative estimate of drug-likeness (QED) is 0.0962. The van der Waals surface area contributed by atoms with Crippen LogP contribution >= 0.6 is 12.0 Å². The van der Waals surface area contributed by atoms with Gasteiger partial charge in [0.2, 0.25) is 0 Å². The van der Waals surface area contributed by atoms with E-state index in [-0.39, 0.29) is 22.0 Å². The highest BCUT2D eigenvalue weighted by Crippen LogP contribution is 2.35. The van der Waals surface area contributed by atoms with E-state index < -0.39 is 32.6 Å². The lowest BCUT2D eigenvalue weighted by atomic mass is 10.2. The molecule has 16 heteroatoms. The highest BCUT2D eigenvalue weighted by Gasteiger charge is 2.16. The van der Waals surface area contributed by atoms with E-state index in [1.54, 1.807) is 0 Å². The summed E-state index contributed by atoms with van der Waals surface area (Å²) in [5.74, 6) is -0.657. The summed E-state index contributed by atoms with van der Waals surface area (Å²) < 4.78 is 62.0. The van der Waals surface area contributed by atoms with Gasteiger partial charge >= 0.3 is 10.4 Å². The summed E-state index contributed by atoms with van der Waals surface area (Å²) in [6.45, 7) is -0.732. The van der Waals surface area contributed by atoms with Crippen molar-refractivity contribution in [3.05, 3.63) is 36.4 Å². The van der Waals surface area contributed by atoms with Crippen molar-refractivity contribution in [2.75, 3.05) is 23.8 Å². The zero-order valence-electron chi connectivity index (χ0n) is 14.9. The lowest BCUT2D eigenvalue weighted by Gasteiger charge is -2.06. The number of nitrogens with zero attached hydrogens (tertiary/aromatic N) is 2. The molecule has 0 aliphatic rings. The lowest BCUT2D eigenvalue weighted by Crippen LogP contribution is -2.15. The summed E-state index contributed by atoms with van der Waals surface area (Å²) in [6.07, 6.45) is 0. The van der Waals surface area contributed by atoms with E-state index >= 15 is 0 Å². The first-order chi connectivity index (χ1) is 14.0. The Morgan fingerprint density at radius 1 is 1.00 bits per heavy atom. The molecule has 30 heavy (non-hydrogen) atoms. The minimum atomic E-state index is -4.72. The Morgan fingerprint density at radius 2 is 1.67 bits per heavy atom. The molecule has 6 N–H and O–H groups in total. The number of hydrogen-bond acceptors (Lipinski definition) is 13. The molecule has 0 aliphatic carbocycles. The van der Waals surface area contributed by atoms with Gasteiger partial charge in [0.05, 0.1) is 45.6 Å². The molecular weight excluding hydrogens is 464 g/mol. The predicted octanol–water partition coefficient (Wildman–Crippen LogP) is 2.29. The Labute approximate surface area is 175 Å². The van der Waals surface area contributed by atoms with Crippen LogP contribution in [0.15, 0.2) is 56.4 Å². The molecule has 164 valence electrons. The topological polar surface area (TPSA) is 213 Å². The number of anilines is 2. The Morgan fingerprint density at radius 3 is 2.27 bits per heavy atom. The van der Waals surface area contributed by atoms with Gasteiger partial charge in [-0.1, -0.05) is 5.04 Å². The van der Waals surface area contributed by atoms with Crippen LogP contribution in [-0.2, 0) is 33.8 Å². The third kappa shape index (κ3) is 7.18. The molecule has 0 spiro atoms. The number of nitrogen functional groups attached to an aromatic ring is 2. The van der Waals surface area contributed by atoms with Gasteiger partial charge in [0.15, 0.2) is 9.84 Å². The molecular formula is C14H16N4O9S3. The summed E-state index contributed by atoms with van der Waals surface area (Å²) in [7, 11) is -8.57. The SMILES string of the molecule is Nc1cc(N)c(SOOO)cc1N=Nc1ccc(S(=O)(=O)CCOS(=O)(=O)O)cc1. The van der Waals surface area contributed by atoms with Crippen LogP contribution in [0.5, 0.6) is 0 Å². The van der Waals surface area contributed by atoms with Crippen LogP contribution in [0.4, 0.5) is 22.7 Å². The molecule has 2 aromatic carbocycles. The van der Waals surface area contributed by atoms with Crippen molar-refractivity contribution in [3.63, 3.8) is 0 Å². The van der Waals surface area contributed by atoms with Crippen molar-refractivity contribution in [1.29, 1.82) is 0 Å². The Balaban J connectivity index is 2.13. The molecule has 2 rings (SSSR count). The van der Waals surface area contributed by atoms with E-state index in [0.717, 1.165) is 0 Å². The molecule has 0 aromatic heterocycles.